The van der Waals surface area contributed by atoms with Gasteiger partial charge in [0.25, 0.3) is 0 Å². The van der Waals surface area contributed by atoms with Crippen LogP contribution in [0.2, 0.25) is 0 Å². The highest BCUT2D eigenvalue weighted by atomic mass is 79.9. The van der Waals surface area contributed by atoms with E-state index < -0.39 is 5.54 Å². The molecule has 1 aromatic carbocycles. The van der Waals surface area contributed by atoms with Crippen molar-refractivity contribution < 1.29 is 9.53 Å². The van der Waals surface area contributed by atoms with Crippen molar-refractivity contribution in [3.8, 4) is 0 Å². The zero-order chi connectivity index (χ0) is 15.5. The van der Waals surface area contributed by atoms with E-state index in [4.69, 9.17) is 10.5 Å². The summed E-state index contributed by atoms with van der Waals surface area (Å²) in [6.45, 7) is 6.72. The van der Waals surface area contributed by atoms with E-state index in [0.29, 0.717) is 5.92 Å². The number of rotatable bonds is 5. The Morgan fingerprint density at radius 3 is 2.68 bits per heavy atom. The van der Waals surface area contributed by atoms with Crippen LogP contribution in [0.1, 0.15) is 25.8 Å². The van der Waals surface area contributed by atoms with Gasteiger partial charge in [0.2, 0.25) is 5.91 Å². The predicted molar refractivity (Wildman–Crippen MR) is 94.1 cm³/mol. The molecule has 2 atom stereocenters. The van der Waals surface area contributed by atoms with Crippen molar-refractivity contribution in [2.75, 3.05) is 26.3 Å². The first-order chi connectivity index (χ1) is 9.95. The number of amides is 1. The fraction of sp³-hybridized carbons (Fsp3) is 0.562. The lowest BCUT2D eigenvalue weighted by Crippen LogP contribution is -2.50. The average Bonchev–Trinajstić information content (AvgIpc) is 2.93. The van der Waals surface area contributed by atoms with Crippen molar-refractivity contribution in [2.24, 2.45) is 11.7 Å². The number of nitrogens with two attached hydrogens (primary N) is 1. The Hall–Kier alpha value is -0.620. The number of carbonyl (C=O) groups excluding carboxylic acids is 1. The van der Waals surface area contributed by atoms with Crippen molar-refractivity contribution in [2.45, 2.75) is 25.8 Å². The van der Waals surface area contributed by atoms with Crippen LogP contribution in [-0.4, -0.2) is 37.1 Å². The highest BCUT2D eigenvalue weighted by molar-refractivity contribution is 9.10. The lowest BCUT2D eigenvalue weighted by Gasteiger charge is -2.29. The Bertz CT molecular complexity index is 493. The Morgan fingerprint density at radius 2 is 2.09 bits per heavy atom. The van der Waals surface area contributed by atoms with Crippen LogP contribution >= 0.6 is 28.3 Å². The van der Waals surface area contributed by atoms with Crippen LogP contribution in [0.5, 0.6) is 0 Å². The lowest BCUT2D eigenvalue weighted by molar-refractivity contribution is -0.135. The zero-order valence-electron chi connectivity index (χ0n) is 13.0. The van der Waals surface area contributed by atoms with Gasteiger partial charge >= 0.3 is 0 Å². The molecule has 0 aliphatic carbocycles. The van der Waals surface area contributed by atoms with Crippen molar-refractivity contribution in [1.29, 1.82) is 0 Å². The van der Waals surface area contributed by atoms with E-state index in [2.05, 4.69) is 15.9 Å². The predicted octanol–water partition coefficient (Wildman–Crippen LogP) is 2.93. The minimum Gasteiger partial charge on any atom is -0.381 e. The standard InChI is InChI=1S/C16H23BrN2O2.ClH/c1-3-21-11-12-8-9-19(10-12)15(20)16(2,18)13-4-6-14(17)7-5-13;/h4-7,12H,3,8-11,18H2,1-2H3;1H. The van der Waals surface area contributed by atoms with Gasteiger partial charge in [-0.15, -0.1) is 12.4 Å². The topological polar surface area (TPSA) is 55.6 Å². The van der Waals surface area contributed by atoms with Gasteiger partial charge in [-0.1, -0.05) is 28.1 Å². The molecule has 1 fully saturated rings. The Morgan fingerprint density at radius 1 is 1.45 bits per heavy atom. The third-order valence-corrected chi connectivity index (χ3v) is 4.55. The molecule has 22 heavy (non-hydrogen) atoms. The summed E-state index contributed by atoms with van der Waals surface area (Å²) >= 11 is 3.40. The molecular formula is C16H24BrClN2O2. The van der Waals surface area contributed by atoms with E-state index in [9.17, 15) is 4.79 Å². The highest BCUT2D eigenvalue weighted by Gasteiger charge is 2.37. The molecule has 124 valence electrons. The molecule has 0 aromatic heterocycles. The van der Waals surface area contributed by atoms with Gasteiger partial charge in [-0.05, 0) is 38.0 Å². The van der Waals surface area contributed by atoms with Gasteiger partial charge in [-0.3, -0.25) is 4.79 Å². The summed E-state index contributed by atoms with van der Waals surface area (Å²) in [5.41, 5.74) is 6.17. The van der Waals surface area contributed by atoms with E-state index in [1.807, 2.05) is 36.1 Å². The minimum atomic E-state index is -0.985. The third-order valence-electron chi connectivity index (χ3n) is 4.02. The fourth-order valence-corrected chi connectivity index (χ4v) is 2.95. The van der Waals surface area contributed by atoms with Gasteiger partial charge in [-0.25, -0.2) is 0 Å². The highest BCUT2D eigenvalue weighted by Crippen LogP contribution is 2.26. The number of hydrogen-bond donors (Lipinski definition) is 1. The number of halogens is 2. The van der Waals surface area contributed by atoms with E-state index in [0.717, 1.165) is 42.8 Å². The summed E-state index contributed by atoms with van der Waals surface area (Å²) in [7, 11) is 0. The van der Waals surface area contributed by atoms with E-state index in [-0.39, 0.29) is 18.3 Å². The maximum Gasteiger partial charge on any atom is 0.246 e. The molecule has 1 saturated heterocycles. The van der Waals surface area contributed by atoms with Crippen LogP contribution in [-0.2, 0) is 15.1 Å². The summed E-state index contributed by atoms with van der Waals surface area (Å²) in [4.78, 5) is 14.6. The molecule has 0 spiro atoms. The summed E-state index contributed by atoms with van der Waals surface area (Å²) < 4.78 is 6.43. The Labute approximate surface area is 146 Å². The van der Waals surface area contributed by atoms with Gasteiger partial charge in [0.15, 0.2) is 0 Å². The summed E-state index contributed by atoms with van der Waals surface area (Å²) in [5.74, 6) is 0.415. The molecule has 2 N–H and O–H groups in total. The van der Waals surface area contributed by atoms with Crippen LogP contribution in [0, 0.1) is 5.92 Å². The van der Waals surface area contributed by atoms with Crippen LogP contribution in [0.4, 0.5) is 0 Å². The first-order valence-corrected chi connectivity index (χ1v) is 8.16. The molecule has 1 amide bonds. The molecule has 1 heterocycles. The van der Waals surface area contributed by atoms with Gasteiger partial charge in [0.1, 0.15) is 5.54 Å². The van der Waals surface area contributed by atoms with E-state index in [1.54, 1.807) is 6.92 Å². The van der Waals surface area contributed by atoms with Crippen LogP contribution in [0.25, 0.3) is 0 Å². The van der Waals surface area contributed by atoms with Gasteiger partial charge < -0.3 is 15.4 Å². The average molecular weight is 392 g/mol. The molecule has 1 aromatic rings. The smallest absolute Gasteiger partial charge is 0.246 e. The Balaban J connectivity index is 0.00000242. The first kappa shape index (κ1) is 19.4. The minimum absolute atomic E-state index is 0. The summed E-state index contributed by atoms with van der Waals surface area (Å²) in [5, 5.41) is 0. The number of likely N-dealkylation sites (tertiary alicyclic amines) is 1. The second kappa shape index (κ2) is 8.29. The third kappa shape index (κ3) is 4.44. The van der Waals surface area contributed by atoms with Crippen molar-refractivity contribution in [3.05, 3.63) is 34.3 Å². The van der Waals surface area contributed by atoms with Gasteiger partial charge in [0.05, 0.1) is 6.61 Å². The molecule has 1 aliphatic heterocycles. The molecule has 0 bridgehead atoms. The van der Waals surface area contributed by atoms with Crippen molar-refractivity contribution in [3.63, 3.8) is 0 Å². The number of hydrogen-bond acceptors (Lipinski definition) is 3. The number of carbonyl (C=O) groups is 1. The van der Waals surface area contributed by atoms with Crippen LogP contribution in [0.3, 0.4) is 0 Å². The van der Waals surface area contributed by atoms with Crippen molar-refractivity contribution in [1.82, 2.24) is 4.90 Å². The molecule has 0 saturated carbocycles. The Kier molecular flexibility index (Phi) is 7.32. The number of nitrogens with zero attached hydrogens (tertiary/aromatic N) is 1. The first-order valence-electron chi connectivity index (χ1n) is 7.37. The van der Waals surface area contributed by atoms with E-state index in [1.165, 1.54) is 0 Å². The van der Waals surface area contributed by atoms with Crippen LogP contribution in [0.15, 0.2) is 28.7 Å². The fourth-order valence-electron chi connectivity index (χ4n) is 2.69. The van der Waals surface area contributed by atoms with Crippen LogP contribution < -0.4 is 5.73 Å². The molecular weight excluding hydrogens is 368 g/mol. The summed E-state index contributed by atoms with van der Waals surface area (Å²) in [6.07, 6.45) is 0.988. The quantitative estimate of drug-likeness (QED) is 0.839. The maximum atomic E-state index is 12.7. The molecule has 2 unspecified atom stereocenters. The largest absolute Gasteiger partial charge is 0.381 e. The van der Waals surface area contributed by atoms with E-state index >= 15 is 0 Å². The molecule has 2 rings (SSSR count). The SMILES string of the molecule is CCOCC1CCN(C(=O)C(C)(N)c2ccc(Br)cc2)C1.Cl. The monoisotopic (exact) mass is 390 g/mol. The van der Waals surface area contributed by atoms with Gasteiger partial charge in [-0.2, -0.15) is 0 Å². The molecule has 1 aliphatic rings. The number of ether oxygens (including phenoxy) is 1. The van der Waals surface area contributed by atoms with Crippen molar-refractivity contribution >= 4 is 34.2 Å². The molecule has 6 heteroatoms. The second-order valence-electron chi connectivity index (χ2n) is 5.77. The maximum absolute atomic E-state index is 12.7. The zero-order valence-corrected chi connectivity index (χ0v) is 15.5. The summed E-state index contributed by atoms with van der Waals surface area (Å²) in [6, 6.07) is 7.62. The number of benzene rings is 1. The second-order valence-corrected chi connectivity index (χ2v) is 6.69. The normalized spacial score (nSPS) is 20.4. The molecule has 4 nitrogen and oxygen atoms in total. The molecule has 0 radical (unpaired) electrons. The van der Waals surface area contributed by atoms with Gasteiger partial charge in [0, 0.05) is 30.1 Å². The lowest BCUT2D eigenvalue weighted by atomic mass is 9.92.